The molecule has 0 aliphatic rings. The Morgan fingerprint density at radius 2 is 1.82 bits per heavy atom. The summed E-state index contributed by atoms with van der Waals surface area (Å²) in [5.74, 6) is 1.72. The average Bonchev–Trinajstić information content (AvgIpc) is 3.50. The summed E-state index contributed by atoms with van der Waals surface area (Å²) in [4.78, 5) is 4.59. The number of hydrogen-bond acceptors (Lipinski definition) is 9. The molecule has 0 fully saturated rings. The topological polar surface area (TPSA) is 149 Å². The molecule has 0 spiro atoms. The highest BCUT2D eigenvalue weighted by Crippen LogP contribution is 2.38. The van der Waals surface area contributed by atoms with Gasteiger partial charge in [0.05, 0.1) is 27.9 Å². The standard InChI is InChI=1S/C25H23ClN6O5S2/c1-38(33,34)13-12-32-11-9-22(31-32)28-25-19-14-16(23-20(26)4-3-10-27-23)15-21(24(19)29-30-25)37-17-5-7-18(8-6-17)39(2,35)36/h3-11,14-15H,12-13H2,1-2H3,(H2,28,29,30,31). The number of halogens is 1. The number of benzene rings is 2. The SMILES string of the molecule is CS(=O)(=O)CCn1ccc(Nc2n[nH]c3c(Oc4ccc(S(C)(=O)=O)cc4)cc(-c4ncccc4Cl)cc23)n1. The van der Waals surface area contributed by atoms with E-state index in [1.807, 2.05) is 6.07 Å². The normalized spacial score (nSPS) is 12.1. The zero-order valence-corrected chi connectivity index (χ0v) is 23.2. The highest BCUT2D eigenvalue weighted by molar-refractivity contribution is 7.91. The van der Waals surface area contributed by atoms with Crippen LogP contribution in [0.2, 0.25) is 5.02 Å². The van der Waals surface area contributed by atoms with Gasteiger partial charge >= 0.3 is 0 Å². The molecular formula is C25H23ClN6O5S2. The molecule has 0 aliphatic carbocycles. The second kappa shape index (κ2) is 10.3. The molecule has 11 nitrogen and oxygen atoms in total. The van der Waals surface area contributed by atoms with Crippen LogP contribution in [0.5, 0.6) is 11.5 Å². The van der Waals surface area contributed by atoms with Gasteiger partial charge in [0.2, 0.25) is 0 Å². The van der Waals surface area contributed by atoms with E-state index in [1.54, 1.807) is 48.8 Å². The molecule has 3 heterocycles. The van der Waals surface area contributed by atoms with Gasteiger partial charge in [0, 0.05) is 41.9 Å². The molecule has 0 bridgehead atoms. The fourth-order valence-corrected chi connectivity index (χ4v) is 5.20. The van der Waals surface area contributed by atoms with Crippen molar-refractivity contribution in [3.63, 3.8) is 0 Å². The van der Waals surface area contributed by atoms with Crippen LogP contribution in [0.3, 0.4) is 0 Å². The minimum atomic E-state index is -3.35. The van der Waals surface area contributed by atoms with Crippen LogP contribution in [-0.2, 0) is 26.2 Å². The van der Waals surface area contributed by atoms with E-state index in [1.165, 1.54) is 23.1 Å². The van der Waals surface area contributed by atoms with Crippen molar-refractivity contribution in [2.24, 2.45) is 0 Å². The number of rotatable bonds is 9. The maximum absolute atomic E-state index is 11.8. The van der Waals surface area contributed by atoms with E-state index in [0.29, 0.717) is 50.3 Å². The lowest BCUT2D eigenvalue weighted by Gasteiger charge is -2.11. The zero-order chi connectivity index (χ0) is 27.8. The van der Waals surface area contributed by atoms with E-state index in [0.717, 1.165) is 6.26 Å². The van der Waals surface area contributed by atoms with Crippen LogP contribution >= 0.6 is 11.6 Å². The van der Waals surface area contributed by atoms with E-state index in [2.05, 4.69) is 25.6 Å². The second-order valence-corrected chi connectivity index (χ2v) is 13.6. The fourth-order valence-electron chi connectivity index (χ4n) is 3.82. The van der Waals surface area contributed by atoms with E-state index < -0.39 is 19.7 Å². The molecule has 14 heteroatoms. The first-order valence-electron chi connectivity index (χ1n) is 11.6. The third kappa shape index (κ3) is 6.21. The minimum absolute atomic E-state index is 0.0283. The molecule has 5 aromatic rings. The van der Waals surface area contributed by atoms with Gasteiger partial charge in [0.1, 0.15) is 21.1 Å². The van der Waals surface area contributed by atoms with Crippen molar-refractivity contribution >= 4 is 53.8 Å². The Labute approximate surface area is 229 Å². The molecule has 0 saturated carbocycles. The number of nitrogens with one attached hydrogen (secondary N) is 2. The molecule has 0 unspecified atom stereocenters. The van der Waals surface area contributed by atoms with Gasteiger partial charge < -0.3 is 10.1 Å². The van der Waals surface area contributed by atoms with E-state index >= 15 is 0 Å². The molecule has 0 amide bonds. The lowest BCUT2D eigenvalue weighted by atomic mass is 10.1. The summed E-state index contributed by atoms with van der Waals surface area (Å²) in [6.07, 6.45) is 5.63. The van der Waals surface area contributed by atoms with Crippen molar-refractivity contribution in [2.45, 2.75) is 11.4 Å². The molecule has 0 aliphatic heterocycles. The highest BCUT2D eigenvalue weighted by Gasteiger charge is 2.17. The average molecular weight is 587 g/mol. The Kier molecular flexibility index (Phi) is 7.05. The van der Waals surface area contributed by atoms with Crippen LogP contribution in [0.15, 0.2) is 71.9 Å². The predicted molar refractivity (Wildman–Crippen MR) is 149 cm³/mol. The molecule has 2 aromatic carbocycles. The second-order valence-electron chi connectivity index (χ2n) is 8.87. The lowest BCUT2D eigenvalue weighted by Crippen LogP contribution is -2.11. The van der Waals surface area contributed by atoms with Gasteiger partial charge in [-0.1, -0.05) is 11.6 Å². The highest BCUT2D eigenvalue weighted by atomic mass is 35.5. The Bertz CT molecular complexity index is 1880. The summed E-state index contributed by atoms with van der Waals surface area (Å²) in [5, 5.41) is 16.0. The van der Waals surface area contributed by atoms with E-state index in [4.69, 9.17) is 16.3 Å². The van der Waals surface area contributed by atoms with Crippen molar-refractivity contribution in [1.82, 2.24) is 25.0 Å². The fraction of sp³-hybridized carbons (Fsp3) is 0.160. The van der Waals surface area contributed by atoms with Crippen LogP contribution in [0.25, 0.3) is 22.2 Å². The molecule has 39 heavy (non-hydrogen) atoms. The number of aromatic nitrogens is 5. The molecule has 2 N–H and O–H groups in total. The quantitative estimate of drug-likeness (QED) is 0.255. The largest absolute Gasteiger partial charge is 0.455 e. The third-order valence-electron chi connectivity index (χ3n) is 5.73. The maximum atomic E-state index is 11.8. The molecule has 5 rings (SSSR count). The monoisotopic (exact) mass is 586 g/mol. The molecular weight excluding hydrogens is 564 g/mol. The summed E-state index contributed by atoms with van der Waals surface area (Å²) in [6.45, 7) is 0.222. The number of aromatic amines is 1. The van der Waals surface area contributed by atoms with Gasteiger partial charge in [0.25, 0.3) is 0 Å². The number of aryl methyl sites for hydroxylation is 1. The first-order valence-corrected chi connectivity index (χ1v) is 15.9. The number of pyridine rings is 1. The van der Waals surface area contributed by atoms with Crippen LogP contribution < -0.4 is 10.1 Å². The molecule has 0 radical (unpaired) electrons. The Morgan fingerprint density at radius 3 is 2.51 bits per heavy atom. The molecule has 0 saturated heterocycles. The smallest absolute Gasteiger partial charge is 0.175 e. The first-order chi connectivity index (χ1) is 18.5. The third-order valence-corrected chi connectivity index (χ3v) is 8.08. The predicted octanol–water partition coefficient (Wildman–Crippen LogP) is 4.46. The summed E-state index contributed by atoms with van der Waals surface area (Å²) < 4.78 is 54.3. The zero-order valence-electron chi connectivity index (χ0n) is 20.8. The number of sulfone groups is 2. The maximum Gasteiger partial charge on any atom is 0.175 e. The minimum Gasteiger partial charge on any atom is -0.455 e. The Hall–Kier alpha value is -3.94. The van der Waals surface area contributed by atoms with Crippen LogP contribution in [0.1, 0.15) is 0 Å². The number of nitrogens with zero attached hydrogens (tertiary/aromatic N) is 4. The number of hydrogen-bond donors (Lipinski definition) is 2. The number of anilines is 2. The van der Waals surface area contributed by atoms with Gasteiger partial charge in [0.15, 0.2) is 27.2 Å². The van der Waals surface area contributed by atoms with Gasteiger partial charge in [-0.15, -0.1) is 0 Å². The Balaban J connectivity index is 1.53. The lowest BCUT2D eigenvalue weighted by molar-refractivity contribution is 0.486. The van der Waals surface area contributed by atoms with E-state index in [-0.39, 0.29) is 17.2 Å². The molecule has 0 atom stereocenters. The van der Waals surface area contributed by atoms with E-state index in [9.17, 15) is 16.8 Å². The van der Waals surface area contributed by atoms with Crippen LogP contribution in [0, 0.1) is 0 Å². The number of H-pyrrole nitrogens is 1. The summed E-state index contributed by atoms with van der Waals surface area (Å²) in [7, 11) is -6.48. The summed E-state index contributed by atoms with van der Waals surface area (Å²) in [6, 6.07) is 14.9. The summed E-state index contributed by atoms with van der Waals surface area (Å²) in [5.41, 5.74) is 1.77. The van der Waals surface area contributed by atoms with Crippen molar-refractivity contribution < 1.29 is 21.6 Å². The van der Waals surface area contributed by atoms with Gasteiger partial charge in [-0.05, 0) is 48.5 Å². The van der Waals surface area contributed by atoms with Crippen molar-refractivity contribution in [1.29, 1.82) is 0 Å². The van der Waals surface area contributed by atoms with Crippen LogP contribution in [-0.4, -0.2) is 60.1 Å². The number of fused-ring (bicyclic) bond motifs is 1. The van der Waals surface area contributed by atoms with Gasteiger partial charge in [-0.25, -0.2) is 16.8 Å². The summed E-state index contributed by atoms with van der Waals surface area (Å²) >= 11 is 6.44. The molecule has 202 valence electrons. The van der Waals surface area contributed by atoms with Crippen molar-refractivity contribution in [3.05, 3.63) is 72.0 Å². The number of ether oxygens (including phenoxy) is 1. The first kappa shape index (κ1) is 26.7. The van der Waals surface area contributed by atoms with Gasteiger partial charge in [-0.3, -0.25) is 14.8 Å². The van der Waals surface area contributed by atoms with Crippen molar-refractivity contribution in [3.8, 4) is 22.8 Å². The van der Waals surface area contributed by atoms with Crippen LogP contribution in [0.4, 0.5) is 11.6 Å². The molecule has 3 aromatic heterocycles. The van der Waals surface area contributed by atoms with Gasteiger partial charge in [-0.2, -0.15) is 10.2 Å². The van der Waals surface area contributed by atoms with Crippen molar-refractivity contribution in [2.75, 3.05) is 23.6 Å². The Morgan fingerprint density at radius 1 is 1.05 bits per heavy atom.